The van der Waals surface area contributed by atoms with E-state index in [9.17, 15) is 24.2 Å². The van der Waals surface area contributed by atoms with Gasteiger partial charge in [-0.15, -0.1) is 0 Å². The van der Waals surface area contributed by atoms with Gasteiger partial charge in [0.1, 0.15) is 6.61 Å². The molecule has 2 unspecified atom stereocenters. The number of hydrogen-bond acceptors (Lipinski definition) is 15. The van der Waals surface area contributed by atoms with Crippen molar-refractivity contribution in [3.05, 3.63) is 82.4 Å². The Morgan fingerprint density at radius 3 is 2.25 bits per heavy atom. The van der Waals surface area contributed by atoms with Crippen molar-refractivity contribution >= 4 is 34.5 Å². The first-order chi connectivity index (χ1) is 29.2. The molecular formula is C41H55N7O11P2. The molecule has 20 heteroatoms. The summed E-state index contributed by atoms with van der Waals surface area (Å²) in [5, 5.41) is 20.6. The fraction of sp³-hybridized carbons (Fsp3) is 0.512. The average Bonchev–Trinajstić information content (AvgIpc) is 3.77. The second-order valence-corrected chi connectivity index (χ2v) is 18.1. The van der Waals surface area contributed by atoms with Crippen molar-refractivity contribution in [1.29, 1.82) is 10.5 Å². The van der Waals surface area contributed by atoms with E-state index in [1.54, 1.807) is 7.05 Å². The second kappa shape index (κ2) is 22.6. The van der Waals surface area contributed by atoms with Crippen molar-refractivity contribution in [1.82, 2.24) is 19.1 Å². The third-order valence-electron chi connectivity index (χ3n) is 9.96. The van der Waals surface area contributed by atoms with Crippen LogP contribution in [-0.2, 0) is 32.4 Å². The normalized spacial score (nSPS) is 18.1. The van der Waals surface area contributed by atoms with Crippen molar-refractivity contribution in [3.8, 4) is 23.3 Å². The van der Waals surface area contributed by atoms with Crippen LogP contribution in [-0.4, -0.2) is 105 Å². The number of aromatic nitrogens is 2. The van der Waals surface area contributed by atoms with Gasteiger partial charge in [-0.05, 0) is 28.7 Å². The Labute approximate surface area is 357 Å². The Hall–Kier alpha value is -4.42. The molecule has 2 amide bonds. The summed E-state index contributed by atoms with van der Waals surface area (Å²) in [7, 11) is -4.81. The maximum atomic E-state index is 13.4. The number of amides is 2. The number of rotatable bonds is 22. The average molecular weight is 884 g/mol. The number of fused-ring (bicyclic) bond motifs is 3. The van der Waals surface area contributed by atoms with Crippen molar-refractivity contribution in [2.75, 3.05) is 45.3 Å². The molecule has 4 atom stereocenters. The molecule has 3 N–H and O–H groups in total. The molecule has 3 aromatic rings. The van der Waals surface area contributed by atoms with E-state index in [4.69, 9.17) is 38.1 Å². The molecule has 0 bridgehead atoms. The summed E-state index contributed by atoms with van der Waals surface area (Å²) in [4.78, 5) is 65.3. The van der Waals surface area contributed by atoms with Crippen LogP contribution in [0, 0.1) is 22.7 Å². The van der Waals surface area contributed by atoms with E-state index in [0.29, 0.717) is 6.42 Å². The van der Waals surface area contributed by atoms with Crippen LogP contribution in [0.1, 0.15) is 83.1 Å². The third kappa shape index (κ3) is 13.0. The Kier molecular flexibility index (Phi) is 17.7. The van der Waals surface area contributed by atoms with Gasteiger partial charge < -0.3 is 9.64 Å². The summed E-state index contributed by atoms with van der Waals surface area (Å²) in [6.45, 7) is 7.82. The van der Waals surface area contributed by atoms with Crippen molar-refractivity contribution in [2.24, 2.45) is 0 Å². The predicted molar refractivity (Wildman–Crippen MR) is 228 cm³/mol. The van der Waals surface area contributed by atoms with E-state index >= 15 is 0 Å². The van der Waals surface area contributed by atoms with Crippen molar-refractivity contribution in [2.45, 2.75) is 96.2 Å². The fourth-order valence-electron chi connectivity index (χ4n) is 7.18. The number of carbonyl (C=O) groups excluding carboxylic acids is 2. The van der Waals surface area contributed by atoms with Gasteiger partial charge in [-0.25, -0.2) is 4.79 Å². The molecule has 5 rings (SSSR count). The molecule has 1 aliphatic carbocycles. The first-order valence-corrected chi connectivity index (χ1v) is 23.0. The molecular weight excluding hydrogens is 828 g/mol. The first-order valence-electron chi connectivity index (χ1n) is 20.2. The van der Waals surface area contributed by atoms with Gasteiger partial charge in [0.15, 0.2) is 0 Å². The Bertz CT molecular complexity index is 2040. The summed E-state index contributed by atoms with van der Waals surface area (Å²) in [6.07, 6.45) is -1.23. The molecule has 2 heterocycles. The van der Waals surface area contributed by atoms with Crippen LogP contribution in [0.3, 0.4) is 0 Å². The minimum absolute atomic E-state index is 0.0127. The summed E-state index contributed by atoms with van der Waals surface area (Å²) in [6, 6.07) is 21.5. The molecule has 2 aromatic carbocycles. The first kappa shape index (κ1) is 47.6. The number of nitriles is 2. The van der Waals surface area contributed by atoms with E-state index in [-0.39, 0.29) is 75.9 Å². The number of carbonyl (C=O) groups is 2. The number of benzene rings is 2. The van der Waals surface area contributed by atoms with E-state index in [0.717, 1.165) is 22.3 Å². The molecule has 1 aromatic heterocycles. The molecule has 61 heavy (non-hydrogen) atoms. The Morgan fingerprint density at radius 2 is 1.62 bits per heavy atom. The standard InChI is InChI=1S/C41H55N7O11P2/c1-28(2)48(29(3)4)60(55-23-11-19-42)59-35-25-39(58-36(35)27-57-61(52,53)56-24-12-20-43)47-22-18-37(45-40(47)50)44-38(49)17-10-21-46(5)41(51)54-26-34-32-15-8-6-13-30(32)31-14-7-9-16-33(31)34/h6-9,13-16,18,22,28-29,34-36,39,52-53,61H,10-12,17,21,23-27H2,1-5H3,(H,44,45,49,50)/t35?,36-,39-,60?/m1/s1. The minimum atomic E-state index is -4.65. The van der Waals surface area contributed by atoms with E-state index in [2.05, 4.69) is 40.6 Å². The maximum absolute atomic E-state index is 13.4. The van der Waals surface area contributed by atoms with Crippen LogP contribution in [0.15, 0.2) is 65.6 Å². The summed E-state index contributed by atoms with van der Waals surface area (Å²) in [5.74, 6) is -0.458. The molecule has 2 aliphatic rings. The van der Waals surface area contributed by atoms with Gasteiger partial charge in [0.25, 0.3) is 0 Å². The molecule has 1 saturated heterocycles. The zero-order chi connectivity index (χ0) is 44.1. The fourth-order valence-corrected chi connectivity index (χ4v) is 9.77. The topological polar surface area (TPSA) is 231 Å². The van der Waals surface area contributed by atoms with Crippen LogP contribution in [0.25, 0.3) is 11.1 Å². The molecule has 1 fully saturated rings. The molecule has 0 saturated carbocycles. The SMILES string of the molecule is CC(C)N(C(C)C)P(OCCC#N)OC1C[C@H](n2ccc(NC(=O)CCCN(C)C(=O)OCC3c4ccccc4-c4ccccc43)nc2=O)O[C@@H]1CO[PH](O)(O)OCCC#N. The molecule has 0 radical (unpaired) electrons. The van der Waals surface area contributed by atoms with E-state index in [1.165, 1.54) is 21.7 Å². The predicted octanol–water partition coefficient (Wildman–Crippen LogP) is 6.13. The molecule has 330 valence electrons. The van der Waals surface area contributed by atoms with Gasteiger partial charge in [0, 0.05) is 19.5 Å². The van der Waals surface area contributed by atoms with Gasteiger partial charge in [-0.3, -0.25) is 0 Å². The van der Waals surface area contributed by atoms with Crippen molar-refractivity contribution in [3.63, 3.8) is 0 Å². The Balaban J connectivity index is 1.17. The van der Waals surface area contributed by atoms with Crippen molar-refractivity contribution < 1.29 is 46.9 Å². The second-order valence-electron chi connectivity index (χ2n) is 15.1. The number of nitrogens with zero attached hydrogens (tertiary/aromatic N) is 6. The van der Waals surface area contributed by atoms with Gasteiger partial charge >= 0.3 is 241 Å². The van der Waals surface area contributed by atoms with Crippen LogP contribution < -0.4 is 11.0 Å². The number of ether oxygens (including phenoxy) is 2. The van der Waals surface area contributed by atoms with Crippen LogP contribution in [0.4, 0.5) is 10.6 Å². The zero-order valence-corrected chi connectivity index (χ0v) is 36.9. The van der Waals surface area contributed by atoms with E-state index < -0.39 is 59.4 Å². The van der Waals surface area contributed by atoms with Crippen LogP contribution in [0.5, 0.6) is 0 Å². The van der Waals surface area contributed by atoms with E-state index in [1.807, 2.05) is 62.7 Å². The van der Waals surface area contributed by atoms with Crippen LogP contribution in [0.2, 0.25) is 0 Å². The monoisotopic (exact) mass is 883 g/mol. The number of hydrogen-bond donors (Lipinski definition) is 3. The quantitative estimate of drug-likeness (QED) is 0.0761. The molecule has 0 spiro atoms. The summed E-state index contributed by atoms with van der Waals surface area (Å²) >= 11 is 0. The van der Waals surface area contributed by atoms with Gasteiger partial charge in [-0.2, -0.15) is 0 Å². The van der Waals surface area contributed by atoms with Gasteiger partial charge in [0.05, 0.1) is 0 Å². The van der Waals surface area contributed by atoms with Gasteiger partial charge in [-0.1, -0.05) is 48.5 Å². The number of anilines is 1. The van der Waals surface area contributed by atoms with Gasteiger partial charge in [0.2, 0.25) is 0 Å². The summed E-state index contributed by atoms with van der Waals surface area (Å²) < 4.78 is 38.1. The third-order valence-corrected chi connectivity index (χ3v) is 13.2. The Morgan fingerprint density at radius 1 is 0.984 bits per heavy atom. The van der Waals surface area contributed by atoms with Crippen LogP contribution >= 0.6 is 16.7 Å². The molecule has 18 nitrogen and oxygen atoms in total. The molecule has 1 aliphatic heterocycles. The summed E-state index contributed by atoms with van der Waals surface area (Å²) in [5.41, 5.74) is 3.76. The number of nitrogens with one attached hydrogen (secondary N) is 1. The zero-order valence-electron chi connectivity index (χ0n) is 35.0.